The summed E-state index contributed by atoms with van der Waals surface area (Å²) in [6.45, 7) is 5.91. The minimum absolute atomic E-state index is 0.0318. The van der Waals surface area contributed by atoms with E-state index in [-0.39, 0.29) is 28.5 Å². The zero-order valence-corrected chi connectivity index (χ0v) is 11.9. The Balaban J connectivity index is 2.32. The van der Waals surface area contributed by atoms with Crippen molar-refractivity contribution < 1.29 is 4.92 Å². The SMILES string of the molecule is Cc1nc(Cl)nc(NC2CCC(C)C2C)c1[N+](=O)[O-]. The summed E-state index contributed by atoms with van der Waals surface area (Å²) in [4.78, 5) is 18.5. The normalized spacial score (nSPS) is 26.4. The van der Waals surface area contributed by atoms with E-state index in [4.69, 9.17) is 11.6 Å². The van der Waals surface area contributed by atoms with Gasteiger partial charge in [-0.15, -0.1) is 0 Å². The second-order valence-electron chi connectivity index (χ2n) is 5.20. The molecule has 7 heteroatoms. The number of nitro groups is 1. The standard InChI is InChI=1S/C12H17ClN4O2/c1-6-4-5-9(7(6)2)15-11-10(17(18)19)8(3)14-12(13)16-11/h6-7,9H,4-5H2,1-3H3,(H,14,15,16). The molecule has 0 aliphatic heterocycles. The summed E-state index contributed by atoms with van der Waals surface area (Å²) in [5, 5.41) is 14.3. The Hall–Kier alpha value is -1.43. The third kappa shape index (κ3) is 2.78. The van der Waals surface area contributed by atoms with Crippen molar-refractivity contribution in [1.29, 1.82) is 0 Å². The maximum absolute atomic E-state index is 11.1. The van der Waals surface area contributed by atoms with Crippen LogP contribution in [0, 0.1) is 28.9 Å². The summed E-state index contributed by atoms with van der Waals surface area (Å²) in [7, 11) is 0. The molecule has 0 spiro atoms. The van der Waals surface area contributed by atoms with Gasteiger partial charge in [0.15, 0.2) is 0 Å². The van der Waals surface area contributed by atoms with Crippen LogP contribution >= 0.6 is 11.6 Å². The molecule has 0 bridgehead atoms. The first-order valence-electron chi connectivity index (χ1n) is 6.35. The molecule has 1 saturated carbocycles. The lowest BCUT2D eigenvalue weighted by Crippen LogP contribution is -2.25. The summed E-state index contributed by atoms with van der Waals surface area (Å²) in [6, 6.07) is 0.194. The lowest BCUT2D eigenvalue weighted by Gasteiger charge is -2.20. The Morgan fingerprint density at radius 3 is 2.58 bits per heavy atom. The van der Waals surface area contributed by atoms with Gasteiger partial charge in [0.1, 0.15) is 5.69 Å². The maximum Gasteiger partial charge on any atom is 0.332 e. The van der Waals surface area contributed by atoms with Gasteiger partial charge in [-0.1, -0.05) is 13.8 Å². The lowest BCUT2D eigenvalue weighted by molar-refractivity contribution is -0.385. The molecule has 1 heterocycles. The van der Waals surface area contributed by atoms with Crippen LogP contribution in [-0.4, -0.2) is 20.9 Å². The fourth-order valence-corrected chi connectivity index (χ4v) is 2.81. The number of nitrogens with one attached hydrogen (secondary N) is 1. The summed E-state index contributed by atoms with van der Waals surface area (Å²) in [5.74, 6) is 1.29. The van der Waals surface area contributed by atoms with E-state index in [1.165, 1.54) is 0 Å². The molecule has 0 saturated heterocycles. The van der Waals surface area contributed by atoms with Gasteiger partial charge in [0.2, 0.25) is 11.1 Å². The third-order valence-corrected chi connectivity index (χ3v) is 4.17. The molecule has 0 amide bonds. The highest BCUT2D eigenvalue weighted by Crippen LogP contribution is 2.35. The predicted octanol–water partition coefficient (Wildman–Crippen LogP) is 3.19. The molecule has 19 heavy (non-hydrogen) atoms. The van der Waals surface area contributed by atoms with E-state index in [9.17, 15) is 10.1 Å². The second kappa shape index (κ2) is 5.28. The summed E-state index contributed by atoms with van der Waals surface area (Å²) in [6.07, 6.45) is 2.10. The van der Waals surface area contributed by atoms with Crippen molar-refractivity contribution in [3.8, 4) is 0 Å². The molecule has 3 atom stereocenters. The molecule has 1 aromatic heterocycles. The minimum atomic E-state index is -0.461. The highest BCUT2D eigenvalue weighted by atomic mass is 35.5. The van der Waals surface area contributed by atoms with E-state index in [1.54, 1.807) is 6.92 Å². The van der Waals surface area contributed by atoms with Crippen molar-refractivity contribution >= 4 is 23.1 Å². The van der Waals surface area contributed by atoms with Crippen molar-refractivity contribution in [2.45, 2.75) is 39.7 Å². The number of hydrogen-bond acceptors (Lipinski definition) is 5. The van der Waals surface area contributed by atoms with Crippen molar-refractivity contribution in [2.24, 2.45) is 11.8 Å². The Morgan fingerprint density at radius 2 is 2.05 bits per heavy atom. The molecular formula is C12H17ClN4O2. The third-order valence-electron chi connectivity index (χ3n) is 4.00. The van der Waals surface area contributed by atoms with Gasteiger partial charge < -0.3 is 5.32 Å². The first-order chi connectivity index (χ1) is 8.90. The number of aromatic nitrogens is 2. The summed E-state index contributed by atoms with van der Waals surface area (Å²) < 4.78 is 0. The van der Waals surface area contributed by atoms with Gasteiger partial charge in [-0.3, -0.25) is 10.1 Å². The summed E-state index contributed by atoms with van der Waals surface area (Å²) in [5.41, 5.74) is 0.197. The molecule has 6 nitrogen and oxygen atoms in total. The summed E-state index contributed by atoms with van der Waals surface area (Å²) >= 11 is 5.79. The van der Waals surface area contributed by atoms with Gasteiger partial charge in [-0.05, 0) is 43.2 Å². The Bertz CT molecular complexity index is 509. The first kappa shape index (κ1) is 14.0. The fraction of sp³-hybridized carbons (Fsp3) is 0.667. The zero-order chi connectivity index (χ0) is 14.2. The maximum atomic E-state index is 11.1. The van der Waals surface area contributed by atoms with Crippen molar-refractivity contribution in [3.05, 3.63) is 21.1 Å². The average Bonchev–Trinajstić information content (AvgIpc) is 2.59. The number of hydrogen-bond donors (Lipinski definition) is 1. The highest BCUT2D eigenvalue weighted by Gasteiger charge is 2.32. The van der Waals surface area contributed by atoms with Crippen molar-refractivity contribution in [3.63, 3.8) is 0 Å². The number of nitrogens with zero attached hydrogens (tertiary/aromatic N) is 3. The van der Waals surface area contributed by atoms with Crippen LogP contribution in [0.2, 0.25) is 5.28 Å². The van der Waals surface area contributed by atoms with E-state index in [0.717, 1.165) is 12.8 Å². The van der Waals surface area contributed by atoms with Gasteiger partial charge in [-0.25, -0.2) is 4.98 Å². The van der Waals surface area contributed by atoms with Crippen LogP contribution in [0.25, 0.3) is 0 Å². The Kier molecular flexibility index (Phi) is 3.89. The first-order valence-corrected chi connectivity index (χ1v) is 6.73. The van der Waals surface area contributed by atoms with Gasteiger partial charge in [0.05, 0.1) is 4.92 Å². The fourth-order valence-electron chi connectivity index (χ4n) is 2.60. The molecule has 2 rings (SSSR count). The van der Waals surface area contributed by atoms with E-state index in [2.05, 4.69) is 29.1 Å². The van der Waals surface area contributed by atoms with Crippen LogP contribution in [0.3, 0.4) is 0 Å². The molecule has 3 unspecified atom stereocenters. The molecular weight excluding hydrogens is 268 g/mol. The molecule has 1 aliphatic rings. The van der Waals surface area contributed by atoms with Gasteiger partial charge in [-0.2, -0.15) is 4.98 Å². The van der Waals surface area contributed by atoms with E-state index in [0.29, 0.717) is 11.8 Å². The molecule has 1 aliphatic carbocycles. The van der Waals surface area contributed by atoms with Gasteiger partial charge >= 0.3 is 5.69 Å². The molecule has 1 N–H and O–H groups in total. The topological polar surface area (TPSA) is 81.0 Å². The van der Waals surface area contributed by atoms with Crippen molar-refractivity contribution in [1.82, 2.24) is 9.97 Å². The second-order valence-corrected chi connectivity index (χ2v) is 5.54. The monoisotopic (exact) mass is 284 g/mol. The van der Waals surface area contributed by atoms with Crippen molar-refractivity contribution in [2.75, 3.05) is 5.32 Å². The largest absolute Gasteiger partial charge is 0.361 e. The van der Waals surface area contributed by atoms with Crippen LogP contribution in [0.1, 0.15) is 32.4 Å². The molecule has 104 valence electrons. The molecule has 1 fully saturated rings. The minimum Gasteiger partial charge on any atom is -0.361 e. The van der Waals surface area contributed by atoms with Crippen LogP contribution in [-0.2, 0) is 0 Å². The van der Waals surface area contributed by atoms with Crippen LogP contribution in [0.5, 0.6) is 0 Å². The highest BCUT2D eigenvalue weighted by molar-refractivity contribution is 6.28. The molecule has 0 aromatic carbocycles. The molecule has 1 aromatic rings. The van der Waals surface area contributed by atoms with Gasteiger partial charge in [0, 0.05) is 6.04 Å². The number of anilines is 1. The molecule has 0 radical (unpaired) electrons. The van der Waals surface area contributed by atoms with E-state index < -0.39 is 4.92 Å². The van der Waals surface area contributed by atoms with Crippen LogP contribution in [0.15, 0.2) is 0 Å². The Labute approximate surface area is 116 Å². The average molecular weight is 285 g/mol. The number of halogens is 1. The smallest absolute Gasteiger partial charge is 0.332 e. The Morgan fingerprint density at radius 1 is 1.37 bits per heavy atom. The zero-order valence-electron chi connectivity index (χ0n) is 11.2. The number of aryl methyl sites for hydroxylation is 1. The quantitative estimate of drug-likeness (QED) is 0.524. The lowest BCUT2D eigenvalue weighted by atomic mass is 9.98. The predicted molar refractivity (Wildman–Crippen MR) is 73.4 cm³/mol. The van der Waals surface area contributed by atoms with Gasteiger partial charge in [0.25, 0.3) is 0 Å². The van der Waals surface area contributed by atoms with Crippen LogP contribution < -0.4 is 5.32 Å². The van der Waals surface area contributed by atoms with E-state index >= 15 is 0 Å². The van der Waals surface area contributed by atoms with Crippen LogP contribution in [0.4, 0.5) is 11.5 Å². The number of rotatable bonds is 3. The van der Waals surface area contributed by atoms with E-state index in [1.807, 2.05) is 0 Å².